The van der Waals surface area contributed by atoms with Gasteiger partial charge in [-0.2, -0.15) is 0 Å². The van der Waals surface area contributed by atoms with E-state index in [2.05, 4.69) is 14.7 Å². The Bertz CT molecular complexity index is 571. The van der Waals surface area contributed by atoms with Gasteiger partial charge in [0.2, 0.25) is 0 Å². The Morgan fingerprint density at radius 2 is 2.24 bits per heavy atom. The Labute approximate surface area is 97.1 Å². The molecule has 0 aliphatic carbocycles. The van der Waals surface area contributed by atoms with Crippen molar-refractivity contribution in [3.8, 4) is 0 Å². The van der Waals surface area contributed by atoms with Crippen molar-refractivity contribution in [2.24, 2.45) is 0 Å². The molecular formula is C11H11N3O3. The van der Waals surface area contributed by atoms with Crippen LogP contribution >= 0.6 is 0 Å². The van der Waals surface area contributed by atoms with Crippen molar-refractivity contribution in [3.63, 3.8) is 0 Å². The maximum absolute atomic E-state index is 11.2. The fourth-order valence-corrected chi connectivity index (χ4v) is 1.46. The highest BCUT2D eigenvalue weighted by atomic mass is 16.5. The first-order valence-electron chi connectivity index (χ1n) is 4.90. The van der Waals surface area contributed by atoms with Crippen LogP contribution in [0.2, 0.25) is 0 Å². The van der Waals surface area contributed by atoms with Gasteiger partial charge in [-0.1, -0.05) is 6.07 Å². The largest absolute Gasteiger partial charge is 0.467 e. The minimum absolute atomic E-state index is 0.318. The number of nitrogens with two attached hydrogens (primary N) is 1. The maximum Gasteiger partial charge on any atom is 0.339 e. The summed E-state index contributed by atoms with van der Waals surface area (Å²) in [5.74, 6) is -0.397. The van der Waals surface area contributed by atoms with Gasteiger partial charge >= 0.3 is 5.97 Å². The second-order valence-corrected chi connectivity index (χ2v) is 3.47. The molecule has 6 heteroatoms. The highest BCUT2D eigenvalue weighted by Crippen LogP contribution is 2.19. The molecule has 1 unspecified atom stereocenters. The average Bonchev–Trinajstić information content (AvgIpc) is 2.36. The number of hydrogen-bond acceptors (Lipinski definition) is 6. The quantitative estimate of drug-likeness (QED) is 0.729. The molecule has 0 fully saturated rings. The van der Waals surface area contributed by atoms with Crippen molar-refractivity contribution >= 4 is 22.8 Å². The first-order valence-corrected chi connectivity index (χ1v) is 4.90. The summed E-state index contributed by atoms with van der Waals surface area (Å²) >= 11 is 0. The molecule has 2 aromatic rings. The van der Waals surface area contributed by atoms with Crippen LogP contribution in [0.15, 0.2) is 24.4 Å². The van der Waals surface area contributed by atoms with E-state index < -0.39 is 12.1 Å². The summed E-state index contributed by atoms with van der Waals surface area (Å²) in [5.41, 5.74) is 7.06. The Hall–Kier alpha value is -2.21. The van der Waals surface area contributed by atoms with Gasteiger partial charge in [-0.05, 0) is 17.7 Å². The average molecular weight is 233 g/mol. The topological polar surface area (TPSA) is 98.3 Å². The summed E-state index contributed by atoms with van der Waals surface area (Å²) < 4.78 is 4.45. The number of anilines is 1. The number of fused-ring (bicyclic) bond motifs is 1. The summed E-state index contributed by atoms with van der Waals surface area (Å²) in [5, 5.41) is 9.66. The lowest BCUT2D eigenvalue weighted by Crippen LogP contribution is -2.13. The van der Waals surface area contributed by atoms with E-state index in [4.69, 9.17) is 5.73 Å². The number of methoxy groups -OCH3 is 1. The van der Waals surface area contributed by atoms with E-state index in [9.17, 15) is 9.90 Å². The van der Waals surface area contributed by atoms with Crippen molar-refractivity contribution in [2.75, 3.05) is 12.8 Å². The van der Waals surface area contributed by atoms with Crippen molar-refractivity contribution in [1.29, 1.82) is 0 Å². The fourth-order valence-electron chi connectivity index (χ4n) is 1.46. The summed E-state index contributed by atoms with van der Waals surface area (Å²) in [6.07, 6.45) is 0.0974. The lowest BCUT2D eigenvalue weighted by atomic mass is 10.1. The predicted molar refractivity (Wildman–Crippen MR) is 60.9 cm³/mol. The summed E-state index contributed by atoms with van der Waals surface area (Å²) in [6, 6.07) is 4.79. The number of hydrogen-bond donors (Lipinski definition) is 2. The van der Waals surface area contributed by atoms with Crippen LogP contribution in [0.25, 0.3) is 11.0 Å². The van der Waals surface area contributed by atoms with Crippen molar-refractivity contribution in [2.45, 2.75) is 6.10 Å². The van der Waals surface area contributed by atoms with Gasteiger partial charge < -0.3 is 15.6 Å². The predicted octanol–water partition coefficient (Wildman–Crippen LogP) is 0.418. The molecule has 0 saturated carbocycles. The van der Waals surface area contributed by atoms with Crippen molar-refractivity contribution < 1.29 is 14.6 Å². The number of aliphatic hydroxyl groups excluding tert-OH is 1. The molecule has 1 atom stereocenters. The van der Waals surface area contributed by atoms with Crippen LogP contribution < -0.4 is 5.73 Å². The van der Waals surface area contributed by atoms with Gasteiger partial charge in [-0.3, -0.25) is 4.98 Å². The number of esters is 1. The molecular weight excluding hydrogens is 222 g/mol. The standard InChI is InChI=1S/C11H11N3O3/c1-17-11(16)10(15)6-2-3-7-8(4-6)13-5-9(12)14-7/h2-5,10,15H,1H3,(H2,12,14). The number of nitrogens with zero attached hydrogens (tertiary/aromatic N) is 2. The number of carbonyl (C=O) groups is 1. The monoisotopic (exact) mass is 233 g/mol. The second-order valence-electron chi connectivity index (χ2n) is 3.47. The number of ether oxygens (including phenoxy) is 1. The molecule has 1 heterocycles. The van der Waals surface area contributed by atoms with Crippen LogP contribution in [0.4, 0.5) is 5.82 Å². The molecule has 0 saturated heterocycles. The Balaban J connectivity index is 2.44. The lowest BCUT2D eigenvalue weighted by Gasteiger charge is -2.08. The zero-order valence-corrected chi connectivity index (χ0v) is 9.12. The van der Waals surface area contributed by atoms with E-state index >= 15 is 0 Å². The molecule has 17 heavy (non-hydrogen) atoms. The molecule has 0 radical (unpaired) electrons. The Kier molecular flexibility index (Phi) is 2.88. The Morgan fingerprint density at radius 3 is 2.94 bits per heavy atom. The van der Waals surface area contributed by atoms with Crippen LogP contribution in [0.1, 0.15) is 11.7 Å². The van der Waals surface area contributed by atoms with E-state index in [0.717, 1.165) is 0 Å². The molecule has 2 rings (SSSR count). The highest BCUT2D eigenvalue weighted by Gasteiger charge is 2.18. The number of carbonyl (C=O) groups excluding carboxylic acids is 1. The van der Waals surface area contributed by atoms with Gasteiger partial charge in [-0.25, -0.2) is 9.78 Å². The molecule has 3 N–H and O–H groups in total. The fraction of sp³-hybridized carbons (Fsp3) is 0.182. The van der Waals surface area contributed by atoms with Crippen LogP contribution in [-0.4, -0.2) is 28.2 Å². The summed E-state index contributed by atoms with van der Waals surface area (Å²) in [6.45, 7) is 0. The SMILES string of the molecule is COC(=O)C(O)c1ccc2nc(N)cnc2c1. The normalized spacial score (nSPS) is 12.4. The Morgan fingerprint density at radius 1 is 1.47 bits per heavy atom. The maximum atomic E-state index is 11.2. The number of aromatic nitrogens is 2. The van der Waals surface area contributed by atoms with Crippen LogP contribution in [-0.2, 0) is 9.53 Å². The number of nitrogen functional groups attached to an aromatic ring is 1. The molecule has 0 bridgehead atoms. The van der Waals surface area contributed by atoms with Gasteiger partial charge in [0, 0.05) is 0 Å². The van der Waals surface area contributed by atoms with E-state index in [0.29, 0.717) is 22.4 Å². The van der Waals surface area contributed by atoms with E-state index in [1.54, 1.807) is 18.2 Å². The highest BCUT2D eigenvalue weighted by molar-refractivity contribution is 5.80. The first-order chi connectivity index (χ1) is 8.11. The van der Waals surface area contributed by atoms with Crippen LogP contribution in [0.5, 0.6) is 0 Å². The third kappa shape index (κ3) is 2.16. The van der Waals surface area contributed by atoms with E-state index in [1.165, 1.54) is 13.3 Å². The molecule has 0 aliphatic rings. The van der Waals surface area contributed by atoms with Gasteiger partial charge in [0.15, 0.2) is 6.10 Å². The van der Waals surface area contributed by atoms with Crippen LogP contribution in [0, 0.1) is 0 Å². The third-order valence-electron chi connectivity index (χ3n) is 2.33. The smallest absolute Gasteiger partial charge is 0.339 e. The molecule has 0 amide bonds. The third-order valence-corrected chi connectivity index (χ3v) is 2.33. The van der Waals surface area contributed by atoms with E-state index in [1.807, 2.05) is 0 Å². The minimum Gasteiger partial charge on any atom is -0.467 e. The molecule has 6 nitrogen and oxygen atoms in total. The molecule has 88 valence electrons. The second kappa shape index (κ2) is 4.34. The summed E-state index contributed by atoms with van der Waals surface area (Å²) in [4.78, 5) is 19.3. The van der Waals surface area contributed by atoms with E-state index in [-0.39, 0.29) is 0 Å². The zero-order valence-electron chi connectivity index (χ0n) is 9.12. The zero-order chi connectivity index (χ0) is 12.4. The first kappa shape index (κ1) is 11.3. The number of aliphatic hydroxyl groups is 1. The summed E-state index contributed by atoms with van der Waals surface area (Å²) in [7, 11) is 1.22. The molecule has 1 aromatic carbocycles. The van der Waals surface area contributed by atoms with Crippen molar-refractivity contribution in [1.82, 2.24) is 9.97 Å². The van der Waals surface area contributed by atoms with Gasteiger partial charge in [0.05, 0.1) is 24.3 Å². The lowest BCUT2D eigenvalue weighted by molar-refractivity contribution is -0.150. The molecule has 0 spiro atoms. The molecule has 0 aliphatic heterocycles. The number of rotatable bonds is 2. The number of benzene rings is 1. The van der Waals surface area contributed by atoms with Gasteiger partial charge in [0.25, 0.3) is 0 Å². The van der Waals surface area contributed by atoms with Gasteiger partial charge in [0.1, 0.15) is 5.82 Å². The van der Waals surface area contributed by atoms with Crippen molar-refractivity contribution in [3.05, 3.63) is 30.0 Å². The molecule has 1 aromatic heterocycles. The van der Waals surface area contributed by atoms with Crippen LogP contribution in [0.3, 0.4) is 0 Å². The van der Waals surface area contributed by atoms with Gasteiger partial charge in [-0.15, -0.1) is 0 Å². The minimum atomic E-state index is -1.32.